The molecule has 0 amide bonds. The lowest BCUT2D eigenvalue weighted by atomic mass is 10.1. The molecule has 1 N–H and O–H groups in total. The number of ether oxygens (including phenoxy) is 1. The zero-order valence-electron chi connectivity index (χ0n) is 18.3. The summed E-state index contributed by atoms with van der Waals surface area (Å²) in [5.74, 6) is 2.71. The summed E-state index contributed by atoms with van der Waals surface area (Å²) in [5, 5.41) is 3.51. The molecule has 1 aromatic carbocycles. The molecule has 0 saturated carbocycles. The third-order valence-electron chi connectivity index (χ3n) is 5.76. The number of benzene rings is 1. The summed E-state index contributed by atoms with van der Waals surface area (Å²) in [5.41, 5.74) is 1.27. The van der Waals surface area contributed by atoms with E-state index in [4.69, 9.17) is 9.73 Å². The Hall–Kier alpha value is -1.22. The molecule has 0 bridgehead atoms. The molecule has 164 valence electrons. The third kappa shape index (κ3) is 6.91. The first kappa shape index (κ1) is 24.1. The zero-order valence-corrected chi connectivity index (χ0v) is 20.6. The van der Waals surface area contributed by atoms with Crippen molar-refractivity contribution in [2.75, 3.05) is 70.9 Å². The zero-order chi connectivity index (χ0) is 19.8. The van der Waals surface area contributed by atoms with Gasteiger partial charge in [-0.15, -0.1) is 24.0 Å². The monoisotopic (exact) mass is 515 g/mol. The van der Waals surface area contributed by atoms with Crippen molar-refractivity contribution in [3.8, 4) is 5.75 Å². The Labute approximate surface area is 193 Å². The van der Waals surface area contributed by atoms with E-state index in [9.17, 15) is 0 Å². The number of piperazine rings is 1. The smallest absolute Gasteiger partial charge is 0.194 e. The van der Waals surface area contributed by atoms with Crippen LogP contribution in [0.4, 0.5) is 5.69 Å². The molecule has 1 unspecified atom stereocenters. The number of hydrogen-bond acceptors (Lipinski definition) is 4. The van der Waals surface area contributed by atoms with Gasteiger partial charge in [0.15, 0.2) is 5.96 Å². The fourth-order valence-electron chi connectivity index (χ4n) is 4.19. The summed E-state index contributed by atoms with van der Waals surface area (Å²) in [4.78, 5) is 12.5. The molecule has 0 spiro atoms. The minimum atomic E-state index is 0. The van der Waals surface area contributed by atoms with Gasteiger partial charge in [-0.1, -0.05) is 6.92 Å². The Kier molecular flexibility index (Phi) is 10.3. The van der Waals surface area contributed by atoms with Gasteiger partial charge in [-0.05, 0) is 63.0 Å². The number of nitrogens with one attached hydrogen (secondary N) is 1. The van der Waals surface area contributed by atoms with Crippen LogP contribution in [0.15, 0.2) is 29.3 Å². The first-order valence-corrected chi connectivity index (χ1v) is 10.9. The topological polar surface area (TPSA) is 43.3 Å². The molecule has 0 radical (unpaired) electrons. The summed E-state index contributed by atoms with van der Waals surface area (Å²) >= 11 is 0. The maximum absolute atomic E-state index is 5.27. The van der Waals surface area contributed by atoms with E-state index in [2.05, 4.69) is 46.0 Å². The molecule has 2 aliphatic rings. The molecule has 29 heavy (non-hydrogen) atoms. The van der Waals surface area contributed by atoms with Crippen LogP contribution in [-0.4, -0.2) is 81.8 Å². The Morgan fingerprint density at radius 3 is 2.45 bits per heavy atom. The van der Waals surface area contributed by atoms with Crippen molar-refractivity contribution in [1.29, 1.82) is 0 Å². The van der Waals surface area contributed by atoms with Gasteiger partial charge in [0.1, 0.15) is 5.75 Å². The van der Waals surface area contributed by atoms with E-state index in [0.717, 1.165) is 51.0 Å². The lowest BCUT2D eigenvalue weighted by molar-refractivity contribution is 0.325. The predicted molar refractivity (Wildman–Crippen MR) is 133 cm³/mol. The minimum Gasteiger partial charge on any atom is -0.497 e. The van der Waals surface area contributed by atoms with E-state index in [1.807, 2.05) is 12.1 Å². The van der Waals surface area contributed by atoms with E-state index in [1.54, 1.807) is 7.11 Å². The molecule has 0 aromatic heterocycles. The molecule has 1 aromatic rings. The number of likely N-dealkylation sites (tertiary alicyclic amines) is 1. The second-order valence-electron chi connectivity index (χ2n) is 7.82. The number of anilines is 1. The van der Waals surface area contributed by atoms with Crippen LogP contribution in [0.5, 0.6) is 5.75 Å². The Bertz CT molecular complexity index is 616. The second-order valence-corrected chi connectivity index (χ2v) is 7.82. The average molecular weight is 515 g/mol. The lowest BCUT2D eigenvalue weighted by Gasteiger charge is -2.37. The number of methoxy groups -OCH3 is 1. The number of nitrogens with zero attached hydrogens (tertiary/aromatic N) is 4. The van der Waals surface area contributed by atoms with E-state index < -0.39 is 0 Å². The highest BCUT2D eigenvalue weighted by Gasteiger charge is 2.23. The van der Waals surface area contributed by atoms with E-state index in [0.29, 0.717) is 5.92 Å². The number of rotatable bonds is 7. The van der Waals surface area contributed by atoms with Crippen molar-refractivity contribution < 1.29 is 4.74 Å². The summed E-state index contributed by atoms with van der Waals surface area (Å²) < 4.78 is 5.27. The largest absolute Gasteiger partial charge is 0.497 e. The molecule has 1 atom stereocenters. The second kappa shape index (κ2) is 12.5. The van der Waals surface area contributed by atoms with Crippen LogP contribution in [0.25, 0.3) is 0 Å². The molecule has 0 aliphatic carbocycles. The first-order chi connectivity index (χ1) is 13.7. The van der Waals surface area contributed by atoms with Crippen LogP contribution in [0.3, 0.4) is 0 Å². The quantitative estimate of drug-likeness (QED) is 0.344. The van der Waals surface area contributed by atoms with Crippen LogP contribution in [-0.2, 0) is 0 Å². The van der Waals surface area contributed by atoms with E-state index >= 15 is 0 Å². The number of aliphatic imine (C=N–C) groups is 1. The maximum Gasteiger partial charge on any atom is 0.194 e. The van der Waals surface area contributed by atoms with Crippen LogP contribution in [0.1, 0.15) is 26.7 Å². The molecule has 6 nitrogen and oxygen atoms in total. The SMILES string of the molecule is CCCN1CCC(CN=C(NCC)N2CCN(c3ccc(OC)cc3)CC2)C1.I. The Morgan fingerprint density at radius 1 is 1.10 bits per heavy atom. The minimum absolute atomic E-state index is 0. The first-order valence-electron chi connectivity index (χ1n) is 10.9. The Morgan fingerprint density at radius 2 is 1.83 bits per heavy atom. The molecule has 2 heterocycles. The standard InChI is InChI=1S/C22H37N5O.HI/c1-4-11-25-12-10-19(18-25)17-24-22(23-5-2)27-15-13-26(14-16-27)20-6-8-21(28-3)9-7-20;/h6-9,19H,4-5,10-18H2,1-3H3,(H,23,24);1H. The van der Waals surface area contributed by atoms with Crippen molar-refractivity contribution in [3.63, 3.8) is 0 Å². The highest BCUT2D eigenvalue weighted by molar-refractivity contribution is 14.0. The molecular formula is C22H38IN5O. The van der Waals surface area contributed by atoms with Crippen LogP contribution in [0, 0.1) is 5.92 Å². The molecule has 2 saturated heterocycles. The Balaban J connectivity index is 0.00000300. The van der Waals surface area contributed by atoms with Gasteiger partial charge in [0.05, 0.1) is 7.11 Å². The third-order valence-corrected chi connectivity index (χ3v) is 5.76. The molecule has 3 rings (SSSR count). The number of guanidine groups is 1. The van der Waals surface area contributed by atoms with Crippen molar-refractivity contribution in [2.24, 2.45) is 10.9 Å². The molecule has 7 heteroatoms. The number of halogens is 1. The fraction of sp³-hybridized carbons (Fsp3) is 0.682. The van der Waals surface area contributed by atoms with Gasteiger partial charge in [0, 0.05) is 51.5 Å². The van der Waals surface area contributed by atoms with E-state index in [1.165, 1.54) is 38.2 Å². The van der Waals surface area contributed by atoms with Gasteiger partial charge in [-0.3, -0.25) is 4.99 Å². The normalized spacial score (nSPS) is 20.5. The lowest BCUT2D eigenvalue weighted by Crippen LogP contribution is -2.52. The van der Waals surface area contributed by atoms with Gasteiger partial charge < -0.3 is 24.8 Å². The van der Waals surface area contributed by atoms with Crippen molar-refractivity contribution in [1.82, 2.24) is 15.1 Å². The average Bonchev–Trinajstić information content (AvgIpc) is 3.19. The van der Waals surface area contributed by atoms with Gasteiger partial charge in [0.25, 0.3) is 0 Å². The van der Waals surface area contributed by atoms with Gasteiger partial charge in [-0.25, -0.2) is 0 Å². The summed E-state index contributed by atoms with van der Waals surface area (Å²) in [6.45, 7) is 14.0. The maximum atomic E-state index is 5.27. The molecular weight excluding hydrogens is 477 g/mol. The van der Waals surface area contributed by atoms with E-state index in [-0.39, 0.29) is 24.0 Å². The van der Waals surface area contributed by atoms with Gasteiger partial charge >= 0.3 is 0 Å². The highest BCUT2D eigenvalue weighted by atomic mass is 127. The molecule has 2 fully saturated rings. The summed E-state index contributed by atoms with van der Waals surface area (Å²) in [6.07, 6.45) is 2.53. The van der Waals surface area contributed by atoms with Crippen molar-refractivity contribution >= 4 is 35.6 Å². The predicted octanol–water partition coefficient (Wildman–Crippen LogP) is 3.13. The van der Waals surface area contributed by atoms with Crippen LogP contribution < -0.4 is 15.0 Å². The van der Waals surface area contributed by atoms with Gasteiger partial charge in [0.2, 0.25) is 0 Å². The summed E-state index contributed by atoms with van der Waals surface area (Å²) in [6, 6.07) is 8.37. The van der Waals surface area contributed by atoms with Crippen LogP contribution in [0.2, 0.25) is 0 Å². The molecule has 2 aliphatic heterocycles. The van der Waals surface area contributed by atoms with Crippen LogP contribution >= 0.6 is 24.0 Å². The van der Waals surface area contributed by atoms with Crippen molar-refractivity contribution in [2.45, 2.75) is 26.7 Å². The highest BCUT2D eigenvalue weighted by Crippen LogP contribution is 2.21. The fourth-order valence-corrected chi connectivity index (χ4v) is 4.19. The van der Waals surface area contributed by atoms with Crippen molar-refractivity contribution in [3.05, 3.63) is 24.3 Å². The summed E-state index contributed by atoms with van der Waals surface area (Å²) in [7, 11) is 1.71. The number of hydrogen-bond donors (Lipinski definition) is 1. The van der Waals surface area contributed by atoms with Gasteiger partial charge in [-0.2, -0.15) is 0 Å².